The number of aromatic amines is 1. The van der Waals surface area contributed by atoms with Crippen LogP contribution in [-0.2, 0) is 4.79 Å². The average molecular weight is 462 g/mol. The number of hydrogen-bond acceptors (Lipinski definition) is 5. The molecule has 3 heterocycles. The van der Waals surface area contributed by atoms with E-state index in [1.54, 1.807) is 36.2 Å². The molecule has 0 aliphatic carbocycles. The summed E-state index contributed by atoms with van der Waals surface area (Å²) in [5.41, 5.74) is 3.09. The molecule has 34 heavy (non-hydrogen) atoms. The molecule has 0 saturated carbocycles. The lowest BCUT2D eigenvalue weighted by molar-refractivity contribution is -0.114. The summed E-state index contributed by atoms with van der Waals surface area (Å²) in [4.78, 5) is 37.4. The van der Waals surface area contributed by atoms with Crippen LogP contribution in [0.3, 0.4) is 0 Å². The summed E-state index contributed by atoms with van der Waals surface area (Å²) in [5.74, 6) is -0.0863. The van der Waals surface area contributed by atoms with E-state index in [-0.39, 0.29) is 11.9 Å². The number of benzene rings is 1. The van der Waals surface area contributed by atoms with Gasteiger partial charge in [0.2, 0.25) is 0 Å². The maximum Gasteiger partial charge on any atom is 0.319 e. The van der Waals surface area contributed by atoms with Crippen LogP contribution in [0.25, 0.3) is 16.6 Å². The Hall–Kier alpha value is -3.72. The molecule has 1 aromatic carbocycles. The predicted octanol–water partition coefficient (Wildman–Crippen LogP) is 2.69. The number of nitrogens with zero attached hydrogens (tertiary/aromatic N) is 6. The van der Waals surface area contributed by atoms with Crippen molar-refractivity contribution in [1.29, 1.82) is 0 Å². The van der Waals surface area contributed by atoms with Crippen LogP contribution in [0.1, 0.15) is 12.6 Å². The SMILES string of the molecule is CC(=CC(=O)N(CCN1CCN(C(=O)N(C)C)CC1)c1ccccc1)c1[nH]nc2ncccc12. The number of hydrogen-bond donors (Lipinski definition) is 1. The summed E-state index contributed by atoms with van der Waals surface area (Å²) in [5, 5.41) is 8.13. The maximum atomic E-state index is 13.4. The first-order valence-electron chi connectivity index (χ1n) is 11.5. The third-order valence-corrected chi connectivity index (χ3v) is 6.06. The van der Waals surface area contributed by atoms with Crippen molar-refractivity contribution in [3.05, 3.63) is 60.4 Å². The molecule has 1 saturated heterocycles. The van der Waals surface area contributed by atoms with E-state index in [4.69, 9.17) is 0 Å². The number of anilines is 1. The van der Waals surface area contributed by atoms with E-state index in [0.717, 1.165) is 42.0 Å². The van der Waals surface area contributed by atoms with Crippen LogP contribution in [0.5, 0.6) is 0 Å². The number of nitrogens with one attached hydrogen (secondary N) is 1. The zero-order valence-electron chi connectivity index (χ0n) is 19.9. The lowest BCUT2D eigenvalue weighted by Gasteiger charge is -2.36. The van der Waals surface area contributed by atoms with E-state index in [0.29, 0.717) is 25.3 Å². The largest absolute Gasteiger partial charge is 0.331 e. The van der Waals surface area contributed by atoms with Gasteiger partial charge in [-0.2, -0.15) is 5.10 Å². The quantitative estimate of drug-likeness (QED) is 0.570. The van der Waals surface area contributed by atoms with Crippen molar-refractivity contribution in [1.82, 2.24) is 29.9 Å². The smallest absolute Gasteiger partial charge is 0.319 e. The van der Waals surface area contributed by atoms with Crippen LogP contribution in [-0.4, -0.2) is 95.2 Å². The highest BCUT2D eigenvalue weighted by atomic mass is 16.2. The highest BCUT2D eigenvalue weighted by Gasteiger charge is 2.23. The van der Waals surface area contributed by atoms with E-state index < -0.39 is 0 Å². The van der Waals surface area contributed by atoms with Gasteiger partial charge < -0.3 is 14.7 Å². The Morgan fingerprint density at radius 3 is 2.50 bits per heavy atom. The molecule has 0 bridgehead atoms. The number of carbonyl (C=O) groups is 2. The minimum Gasteiger partial charge on any atom is -0.331 e. The molecule has 0 atom stereocenters. The molecule has 1 N–H and O–H groups in total. The first-order valence-corrected chi connectivity index (χ1v) is 11.5. The number of urea groups is 1. The van der Waals surface area contributed by atoms with E-state index in [1.807, 2.05) is 54.3 Å². The third kappa shape index (κ3) is 5.26. The first-order chi connectivity index (χ1) is 16.4. The van der Waals surface area contributed by atoms with E-state index >= 15 is 0 Å². The standard InChI is InChI=1S/C25H31N7O2/c1-19(23-21-10-7-11-26-24(21)28-27-23)18-22(33)32(20-8-5-4-6-9-20)17-14-30-12-15-31(16-13-30)25(34)29(2)3/h4-11,18H,12-17H2,1-3H3,(H,26,27,28). The molecule has 0 radical (unpaired) electrons. The number of H-pyrrole nitrogens is 1. The van der Waals surface area contributed by atoms with Crippen LogP contribution in [0.15, 0.2) is 54.7 Å². The highest BCUT2D eigenvalue weighted by Crippen LogP contribution is 2.22. The molecular formula is C25H31N7O2. The van der Waals surface area contributed by atoms with Gasteiger partial charge in [0.1, 0.15) is 0 Å². The van der Waals surface area contributed by atoms with Crippen LogP contribution < -0.4 is 4.90 Å². The number of piperazine rings is 1. The van der Waals surface area contributed by atoms with Crippen LogP contribution in [0.4, 0.5) is 10.5 Å². The molecule has 2 aromatic heterocycles. The minimum absolute atomic E-state index is 0.0443. The van der Waals surface area contributed by atoms with Crippen LogP contribution in [0, 0.1) is 0 Å². The number of amides is 3. The van der Waals surface area contributed by atoms with Crippen molar-refractivity contribution >= 4 is 34.2 Å². The summed E-state index contributed by atoms with van der Waals surface area (Å²) in [7, 11) is 3.55. The zero-order chi connectivity index (χ0) is 24.1. The van der Waals surface area contributed by atoms with Gasteiger partial charge in [0.05, 0.1) is 5.69 Å². The molecule has 9 heteroatoms. The van der Waals surface area contributed by atoms with Crippen LogP contribution >= 0.6 is 0 Å². The van der Waals surface area contributed by atoms with Crippen molar-refractivity contribution in [3.8, 4) is 0 Å². The van der Waals surface area contributed by atoms with Gasteiger partial charge in [0.15, 0.2) is 5.65 Å². The topological polar surface area (TPSA) is 88.7 Å². The van der Waals surface area contributed by atoms with Gasteiger partial charge in [-0.15, -0.1) is 0 Å². The number of para-hydroxylation sites is 1. The average Bonchev–Trinajstić information content (AvgIpc) is 3.29. The van der Waals surface area contributed by atoms with Crippen molar-refractivity contribution in [2.45, 2.75) is 6.92 Å². The zero-order valence-corrected chi connectivity index (χ0v) is 19.9. The Labute approximate surface area is 199 Å². The van der Waals surface area contributed by atoms with Gasteiger partial charge in [-0.05, 0) is 36.8 Å². The second-order valence-electron chi connectivity index (χ2n) is 8.63. The number of carbonyl (C=O) groups excluding carboxylic acids is 2. The molecule has 9 nitrogen and oxygen atoms in total. The number of rotatable bonds is 6. The van der Waals surface area contributed by atoms with Crippen molar-refractivity contribution in [2.24, 2.45) is 0 Å². The van der Waals surface area contributed by atoms with Crippen molar-refractivity contribution in [2.75, 3.05) is 58.3 Å². The Kier molecular flexibility index (Phi) is 7.22. The molecule has 0 unspecified atom stereocenters. The number of aromatic nitrogens is 3. The number of fused-ring (bicyclic) bond motifs is 1. The normalized spacial score (nSPS) is 14.9. The summed E-state index contributed by atoms with van der Waals surface area (Å²) >= 11 is 0. The lowest BCUT2D eigenvalue weighted by atomic mass is 10.1. The maximum absolute atomic E-state index is 13.4. The van der Waals surface area contributed by atoms with Crippen molar-refractivity contribution in [3.63, 3.8) is 0 Å². The molecule has 0 spiro atoms. The summed E-state index contributed by atoms with van der Waals surface area (Å²) in [6.07, 6.45) is 3.35. The minimum atomic E-state index is -0.0863. The fourth-order valence-electron chi connectivity index (χ4n) is 4.15. The highest BCUT2D eigenvalue weighted by molar-refractivity contribution is 6.06. The Bertz CT molecular complexity index is 1160. The molecule has 178 valence electrons. The van der Waals surface area contributed by atoms with E-state index in [2.05, 4.69) is 20.1 Å². The molecule has 1 fully saturated rings. The molecule has 1 aliphatic rings. The monoisotopic (exact) mass is 461 g/mol. The number of allylic oxidation sites excluding steroid dienone is 1. The third-order valence-electron chi connectivity index (χ3n) is 6.06. The van der Waals surface area contributed by atoms with Gasteiger partial charge in [-0.3, -0.25) is 14.8 Å². The Balaban J connectivity index is 1.46. The molecule has 4 rings (SSSR count). The van der Waals surface area contributed by atoms with Gasteiger partial charge in [0, 0.05) is 76.7 Å². The van der Waals surface area contributed by atoms with Gasteiger partial charge in [-0.1, -0.05) is 18.2 Å². The van der Waals surface area contributed by atoms with Gasteiger partial charge >= 0.3 is 6.03 Å². The fraction of sp³-hybridized carbons (Fsp3) is 0.360. The second-order valence-corrected chi connectivity index (χ2v) is 8.63. The summed E-state index contributed by atoms with van der Waals surface area (Å²) < 4.78 is 0. The van der Waals surface area contributed by atoms with E-state index in [1.165, 1.54) is 0 Å². The second kappa shape index (κ2) is 10.5. The summed E-state index contributed by atoms with van der Waals surface area (Å²) in [6.45, 7) is 6.15. The number of pyridine rings is 1. The van der Waals surface area contributed by atoms with Crippen LogP contribution in [0.2, 0.25) is 0 Å². The van der Waals surface area contributed by atoms with Gasteiger partial charge in [0.25, 0.3) is 5.91 Å². The van der Waals surface area contributed by atoms with Gasteiger partial charge in [-0.25, -0.2) is 9.78 Å². The molecule has 1 aliphatic heterocycles. The predicted molar refractivity (Wildman–Crippen MR) is 133 cm³/mol. The fourth-order valence-corrected chi connectivity index (χ4v) is 4.15. The van der Waals surface area contributed by atoms with E-state index in [9.17, 15) is 9.59 Å². The first kappa shape index (κ1) is 23.4. The van der Waals surface area contributed by atoms with Crippen molar-refractivity contribution < 1.29 is 9.59 Å². The summed E-state index contributed by atoms with van der Waals surface area (Å²) in [6, 6.07) is 13.6. The lowest BCUT2D eigenvalue weighted by Crippen LogP contribution is -2.52. The molecule has 3 amide bonds. The molecule has 3 aromatic rings. The Morgan fingerprint density at radius 2 is 1.79 bits per heavy atom. The Morgan fingerprint density at radius 1 is 1.06 bits per heavy atom. The molecular weight excluding hydrogens is 430 g/mol.